The SMILES string of the molecule is NC(=O)c1ccc(N2CCCCC2)c(NC(=O)C2CCOCC2)c1. The molecule has 2 aliphatic heterocycles. The summed E-state index contributed by atoms with van der Waals surface area (Å²) >= 11 is 0. The van der Waals surface area contributed by atoms with Gasteiger partial charge in [0.25, 0.3) is 0 Å². The van der Waals surface area contributed by atoms with Gasteiger partial charge in [0.2, 0.25) is 11.8 Å². The molecule has 24 heavy (non-hydrogen) atoms. The fourth-order valence-electron chi connectivity index (χ4n) is 3.39. The number of hydrogen-bond acceptors (Lipinski definition) is 4. The van der Waals surface area contributed by atoms with Crippen LogP contribution in [-0.4, -0.2) is 38.1 Å². The topological polar surface area (TPSA) is 84.7 Å². The number of carbonyl (C=O) groups excluding carboxylic acids is 2. The lowest BCUT2D eigenvalue weighted by molar-refractivity contribution is -0.122. The Labute approximate surface area is 142 Å². The Bertz CT molecular complexity index is 606. The highest BCUT2D eigenvalue weighted by Gasteiger charge is 2.24. The summed E-state index contributed by atoms with van der Waals surface area (Å²) in [4.78, 5) is 26.4. The van der Waals surface area contributed by atoms with E-state index >= 15 is 0 Å². The summed E-state index contributed by atoms with van der Waals surface area (Å²) in [5.41, 5.74) is 7.48. The Kier molecular flexibility index (Phi) is 5.35. The second kappa shape index (κ2) is 7.66. The number of piperidine rings is 1. The fourth-order valence-corrected chi connectivity index (χ4v) is 3.39. The van der Waals surface area contributed by atoms with E-state index in [1.54, 1.807) is 12.1 Å². The number of amides is 2. The molecule has 130 valence electrons. The fraction of sp³-hybridized carbons (Fsp3) is 0.556. The van der Waals surface area contributed by atoms with Crippen molar-refractivity contribution in [1.82, 2.24) is 0 Å². The van der Waals surface area contributed by atoms with Gasteiger partial charge in [0, 0.05) is 37.8 Å². The van der Waals surface area contributed by atoms with Crippen molar-refractivity contribution in [3.63, 3.8) is 0 Å². The largest absolute Gasteiger partial charge is 0.381 e. The van der Waals surface area contributed by atoms with E-state index in [1.165, 1.54) is 6.42 Å². The molecule has 0 spiro atoms. The number of nitrogens with zero attached hydrogens (tertiary/aromatic N) is 1. The molecule has 2 aliphatic rings. The van der Waals surface area contributed by atoms with Crippen molar-refractivity contribution in [3.05, 3.63) is 23.8 Å². The monoisotopic (exact) mass is 331 g/mol. The molecule has 1 aromatic carbocycles. The number of hydrogen-bond donors (Lipinski definition) is 2. The van der Waals surface area contributed by atoms with Crippen LogP contribution in [-0.2, 0) is 9.53 Å². The first-order valence-corrected chi connectivity index (χ1v) is 8.72. The molecule has 0 unspecified atom stereocenters. The summed E-state index contributed by atoms with van der Waals surface area (Å²) in [5, 5.41) is 3.03. The van der Waals surface area contributed by atoms with Gasteiger partial charge >= 0.3 is 0 Å². The van der Waals surface area contributed by atoms with Crippen molar-refractivity contribution < 1.29 is 14.3 Å². The van der Waals surface area contributed by atoms with Gasteiger partial charge in [0.15, 0.2) is 0 Å². The van der Waals surface area contributed by atoms with Crippen molar-refractivity contribution in [1.29, 1.82) is 0 Å². The Balaban J connectivity index is 1.83. The maximum absolute atomic E-state index is 12.6. The molecule has 0 atom stereocenters. The molecule has 0 radical (unpaired) electrons. The minimum atomic E-state index is -0.484. The van der Waals surface area contributed by atoms with Gasteiger partial charge in [0.1, 0.15) is 0 Å². The van der Waals surface area contributed by atoms with Crippen molar-refractivity contribution in [2.24, 2.45) is 11.7 Å². The van der Waals surface area contributed by atoms with E-state index in [4.69, 9.17) is 10.5 Å². The van der Waals surface area contributed by atoms with Crippen LogP contribution < -0.4 is 16.0 Å². The lowest BCUT2D eigenvalue weighted by Crippen LogP contribution is -2.32. The maximum atomic E-state index is 12.6. The van der Waals surface area contributed by atoms with Crippen molar-refractivity contribution >= 4 is 23.2 Å². The number of nitrogens with two attached hydrogens (primary N) is 1. The molecular weight excluding hydrogens is 306 g/mol. The van der Waals surface area contributed by atoms with E-state index in [9.17, 15) is 9.59 Å². The Morgan fingerprint density at radius 1 is 1.12 bits per heavy atom. The van der Waals surface area contributed by atoms with Crippen LogP contribution >= 0.6 is 0 Å². The second-order valence-electron chi connectivity index (χ2n) is 6.52. The summed E-state index contributed by atoms with van der Waals surface area (Å²) in [7, 11) is 0. The van der Waals surface area contributed by atoms with E-state index in [2.05, 4.69) is 10.2 Å². The molecule has 0 aliphatic carbocycles. The van der Waals surface area contributed by atoms with Gasteiger partial charge in [-0.3, -0.25) is 9.59 Å². The molecular formula is C18H25N3O3. The van der Waals surface area contributed by atoms with Crippen molar-refractivity contribution in [2.45, 2.75) is 32.1 Å². The zero-order valence-electron chi connectivity index (χ0n) is 13.9. The lowest BCUT2D eigenvalue weighted by Gasteiger charge is -2.31. The standard InChI is InChI=1S/C18H25N3O3/c19-17(22)14-4-5-16(21-8-2-1-3-9-21)15(12-14)20-18(23)13-6-10-24-11-7-13/h4-5,12-13H,1-3,6-11H2,(H2,19,22)(H,20,23). The average molecular weight is 331 g/mol. The van der Waals surface area contributed by atoms with Crippen LogP contribution in [0.5, 0.6) is 0 Å². The second-order valence-corrected chi connectivity index (χ2v) is 6.52. The minimum Gasteiger partial charge on any atom is -0.381 e. The van der Waals surface area contributed by atoms with E-state index in [1.807, 2.05) is 6.07 Å². The van der Waals surface area contributed by atoms with Gasteiger partial charge in [0.05, 0.1) is 11.4 Å². The third-order valence-corrected chi connectivity index (χ3v) is 4.83. The van der Waals surface area contributed by atoms with Gasteiger partial charge in [-0.05, 0) is 50.3 Å². The van der Waals surface area contributed by atoms with Gasteiger partial charge in [-0.25, -0.2) is 0 Å². The number of primary amides is 1. The highest BCUT2D eigenvalue weighted by atomic mass is 16.5. The van der Waals surface area contributed by atoms with Crippen molar-refractivity contribution in [3.8, 4) is 0 Å². The molecule has 2 saturated heterocycles. The number of anilines is 2. The maximum Gasteiger partial charge on any atom is 0.248 e. The van der Waals surface area contributed by atoms with E-state index in [0.29, 0.717) is 24.5 Å². The van der Waals surface area contributed by atoms with Crippen LogP contribution in [0, 0.1) is 5.92 Å². The molecule has 1 aromatic rings. The van der Waals surface area contributed by atoms with Crippen LogP contribution in [0.25, 0.3) is 0 Å². The highest BCUT2D eigenvalue weighted by molar-refractivity contribution is 6.00. The Morgan fingerprint density at radius 2 is 1.83 bits per heavy atom. The normalized spacial score (nSPS) is 19.1. The minimum absolute atomic E-state index is 0.00169. The van der Waals surface area contributed by atoms with E-state index < -0.39 is 5.91 Å². The molecule has 3 N–H and O–H groups in total. The zero-order valence-corrected chi connectivity index (χ0v) is 13.9. The lowest BCUT2D eigenvalue weighted by atomic mass is 9.99. The summed E-state index contributed by atoms with van der Waals surface area (Å²) in [6, 6.07) is 5.32. The molecule has 3 rings (SSSR count). The predicted octanol–water partition coefficient (Wildman–Crippen LogP) is 2.14. The first-order valence-electron chi connectivity index (χ1n) is 8.72. The smallest absolute Gasteiger partial charge is 0.248 e. The number of carbonyl (C=O) groups is 2. The summed E-state index contributed by atoms with van der Waals surface area (Å²) in [5.74, 6) is -0.523. The Morgan fingerprint density at radius 3 is 2.50 bits per heavy atom. The Hall–Kier alpha value is -2.08. The number of ether oxygens (including phenoxy) is 1. The van der Waals surface area contributed by atoms with Crippen LogP contribution in [0.4, 0.5) is 11.4 Å². The number of nitrogens with one attached hydrogen (secondary N) is 1. The van der Waals surface area contributed by atoms with Gasteiger partial charge in [-0.2, -0.15) is 0 Å². The quantitative estimate of drug-likeness (QED) is 0.885. The third kappa shape index (κ3) is 3.87. The summed E-state index contributed by atoms with van der Waals surface area (Å²) in [6.45, 7) is 3.18. The average Bonchev–Trinajstić information content (AvgIpc) is 2.63. The highest BCUT2D eigenvalue weighted by Crippen LogP contribution is 2.30. The van der Waals surface area contributed by atoms with E-state index in [0.717, 1.165) is 44.5 Å². The molecule has 6 nitrogen and oxygen atoms in total. The molecule has 2 amide bonds. The number of rotatable bonds is 4. The first kappa shape index (κ1) is 16.8. The first-order chi connectivity index (χ1) is 11.6. The molecule has 2 heterocycles. The van der Waals surface area contributed by atoms with Crippen LogP contribution in [0.2, 0.25) is 0 Å². The van der Waals surface area contributed by atoms with E-state index in [-0.39, 0.29) is 11.8 Å². The summed E-state index contributed by atoms with van der Waals surface area (Å²) < 4.78 is 5.32. The van der Waals surface area contributed by atoms with Crippen LogP contribution in [0.3, 0.4) is 0 Å². The molecule has 6 heteroatoms. The zero-order chi connectivity index (χ0) is 16.9. The van der Waals surface area contributed by atoms with Crippen molar-refractivity contribution in [2.75, 3.05) is 36.5 Å². The number of benzene rings is 1. The van der Waals surface area contributed by atoms with Crippen LogP contribution in [0.15, 0.2) is 18.2 Å². The molecule has 2 fully saturated rings. The third-order valence-electron chi connectivity index (χ3n) is 4.83. The van der Waals surface area contributed by atoms with Gasteiger partial charge in [-0.1, -0.05) is 0 Å². The van der Waals surface area contributed by atoms with Gasteiger partial charge < -0.3 is 20.7 Å². The summed E-state index contributed by atoms with van der Waals surface area (Å²) in [6.07, 6.45) is 5.00. The van der Waals surface area contributed by atoms with Crippen LogP contribution in [0.1, 0.15) is 42.5 Å². The predicted molar refractivity (Wildman–Crippen MR) is 93.2 cm³/mol. The van der Waals surface area contributed by atoms with Gasteiger partial charge in [-0.15, -0.1) is 0 Å². The molecule has 0 saturated carbocycles. The molecule has 0 aromatic heterocycles. The molecule has 0 bridgehead atoms.